The molecule has 0 heterocycles. The third-order valence-electron chi connectivity index (χ3n) is 3.43. The molecule has 0 amide bonds. The van der Waals surface area contributed by atoms with Crippen LogP contribution in [0.25, 0.3) is 11.1 Å². The zero-order valence-corrected chi connectivity index (χ0v) is 13.1. The van der Waals surface area contributed by atoms with Crippen LogP contribution in [-0.2, 0) is 5.41 Å². The van der Waals surface area contributed by atoms with Crippen LogP contribution in [-0.4, -0.2) is 23.1 Å². The van der Waals surface area contributed by atoms with Crippen molar-refractivity contribution in [2.45, 2.75) is 19.3 Å². The maximum Gasteiger partial charge on any atom is 2.00 e. The zero-order chi connectivity index (χ0) is 10.5. The van der Waals surface area contributed by atoms with Crippen molar-refractivity contribution < 1.29 is 17.0 Å². The first-order chi connectivity index (χ1) is 7.21. The molecule has 17 heavy (non-hydrogen) atoms. The smallest absolute Gasteiger partial charge is 1.00 e. The van der Waals surface area contributed by atoms with Crippen LogP contribution in [0.3, 0.4) is 0 Å². The van der Waals surface area contributed by atoms with Crippen LogP contribution >= 0.6 is 0 Å². The average Bonchev–Trinajstić information content (AvgIpc) is 2.51. The third-order valence-corrected chi connectivity index (χ3v) is 3.43. The van der Waals surface area contributed by atoms with Gasteiger partial charge in [0.05, 0.1) is 0 Å². The SMILES string of the molecule is CC1(C)c2c[c-]ccc2-c2ccccc21.[Br-].[Mg+2]. The van der Waals surface area contributed by atoms with Crippen molar-refractivity contribution in [3.8, 4) is 11.1 Å². The van der Waals surface area contributed by atoms with Crippen molar-refractivity contribution in [3.05, 3.63) is 59.7 Å². The van der Waals surface area contributed by atoms with Crippen LogP contribution in [0.4, 0.5) is 0 Å². The Morgan fingerprint density at radius 1 is 0.941 bits per heavy atom. The van der Waals surface area contributed by atoms with Gasteiger partial charge in [-0.2, -0.15) is 24.3 Å². The summed E-state index contributed by atoms with van der Waals surface area (Å²) < 4.78 is 0. The van der Waals surface area contributed by atoms with E-state index in [9.17, 15) is 0 Å². The second-order valence-electron chi connectivity index (χ2n) is 4.64. The topological polar surface area (TPSA) is 0 Å². The number of fused-ring (bicyclic) bond motifs is 3. The zero-order valence-electron chi connectivity index (χ0n) is 10.1. The molecule has 0 bridgehead atoms. The normalized spacial score (nSPS) is 14.0. The van der Waals surface area contributed by atoms with Crippen molar-refractivity contribution in [1.82, 2.24) is 0 Å². The van der Waals surface area contributed by atoms with Gasteiger partial charge in [0, 0.05) is 0 Å². The first-order valence-electron chi connectivity index (χ1n) is 5.32. The van der Waals surface area contributed by atoms with Crippen LogP contribution in [0.1, 0.15) is 25.0 Å². The standard InChI is InChI=1S/C15H13.BrH.Mg/c1-15(2)13-9-5-3-7-11(13)12-8-4-6-10-14(12)15;;/h3-5,7-10H,1-2H3;1H;/q-1;;+2/p-1. The molecule has 0 unspecified atom stereocenters. The molecule has 0 aliphatic heterocycles. The molecule has 1 aliphatic rings. The van der Waals surface area contributed by atoms with Crippen LogP contribution < -0.4 is 17.0 Å². The van der Waals surface area contributed by atoms with Gasteiger partial charge in [-0.05, 0) is 16.5 Å². The van der Waals surface area contributed by atoms with Gasteiger partial charge in [-0.25, -0.2) is 0 Å². The molecule has 2 aromatic carbocycles. The van der Waals surface area contributed by atoms with Gasteiger partial charge in [0.25, 0.3) is 0 Å². The Labute approximate surface area is 129 Å². The summed E-state index contributed by atoms with van der Waals surface area (Å²) in [6.07, 6.45) is 0. The summed E-state index contributed by atoms with van der Waals surface area (Å²) in [7, 11) is 0. The first kappa shape index (κ1) is 14.7. The van der Waals surface area contributed by atoms with Crippen molar-refractivity contribution in [2.24, 2.45) is 0 Å². The fraction of sp³-hybridized carbons (Fsp3) is 0.200. The van der Waals surface area contributed by atoms with E-state index in [1.54, 1.807) is 0 Å². The maximum atomic E-state index is 3.18. The van der Waals surface area contributed by atoms with Crippen molar-refractivity contribution in [2.75, 3.05) is 0 Å². The number of benzene rings is 2. The van der Waals surface area contributed by atoms with E-state index in [2.05, 4.69) is 56.3 Å². The van der Waals surface area contributed by atoms with Gasteiger partial charge in [-0.1, -0.05) is 38.1 Å². The quantitative estimate of drug-likeness (QED) is 0.488. The molecule has 2 aromatic rings. The molecule has 0 spiro atoms. The molecule has 0 nitrogen and oxygen atoms in total. The molecular weight excluding hydrogens is 284 g/mol. The van der Waals surface area contributed by atoms with Crippen molar-refractivity contribution in [1.29, 1.82) is 0 Å². The van der Waals surface area contributed by atoms with E-state index in [0.717, 1.165) is 0 Å². The van der Waals surface area contributed by atoms with Gasteiger partial charge in [0.2, 0.25) is 0 Å². The Morgan fingerprint density at radius 3 is 2.35 bits per heavy atom. The monoisotopic (exact) mass is 296 g/mol. The largest absolute Gasteiger partial charge is 2.00 e. The predicted molar refractivity (Wildman–Crippen MR) is 68.6 cm³/mol. The third kappa shape index (κ3) is 2.07. The summed E-state index contributed by atoms with van der Waals surface area (Å²) in [4.78, 5) is 0. The Kier molecular flexibility index (Phi) is 4.45. The van der Waals surface area contributed by atoms with Gasteiger partial charge >= 0.3 is 23.1 Å². The minimum Gasteiger partial charge on any atom is -1.00 e. The minimum atomic E-state index is 0. The molecule has 82 valence electrons. The average molecular weight is 297 g/mol. The van der Waals surface area contributed by atoms with E-state index in [1.165, 1.54) is 22.3 Å². The number of rotatable bonds is 0. The summed E-state index contributed by atoms with van der Waals surface area (Å²) in [5.41, 5.74) is 5.70. The Morgan fingerprint density at radius 2 is 1.59 bits per heavy atom. The molecule has 2 heteroatoms. The van der Waals surface area contributed by atoms with E-state index in [0.29, 0.717) is 0 Å². The van der Waals surface area contributed by atoms with E-state index in [4.69, 9.17) is 0 Å². The molecular formula is C15H13BrMg. The first-order valence-corrected chi connectivity index (χ1v) is 5.32. The second-order valence-corrected chi connectivity index (χ2v) is 4.64. The van der Waals surface area contributed by atoms with E-state index in [1.807, 2.05) is 6.07 Å². The fourth-order valence-corrected chi connectivity index (χ4v) is 2.59. The summed E-state index contributed by atoms with van der Waals surface area (Å²) >= 11 is 0. The summed E-state index contributed by atoms with van der Waals surface area (Å²) in [5.74, 6) is 0. The van der Waals surface area contributed by atoms with Crippen molar-refractivity contribution in [3.63, 3.8) is 0 Å². The number of hydrogen-bond donors (Lipinski definition) is 0. The van der Waals surface area contributed by atoms with Gasteiger partial charge in [-0.3, -0.25) is 0 Å². The second kappa shape index (κ2) is 5.13. The molecule has 0 saturated heterocycles. The van der Waals surface area contributed by atoms with E-state index in [-0.39, 0.29) is 45.4 Å². The predicted octanol–water partition coefficient (Wildman–Crippen LogP) is 0.416. The molecule has 0 N–H and O–H groups in total. The molecule has 0 fully saturated rings. The van der Waals surface area contributed by atoms with Gasteiger partial charge in [-0.15, -0.1) is 11.1 Å². The van der Waals surface area contributed by atoms with Gasteiger partial charge in [0.1, 0.15) is 0 Å². The molecule has 1 aliphatic carbocycles. The van der Waals surface area contributed by atoms with Crippen LogP contribution in [0.2, 0.25) is 0 Å². The van der Waals surface area contributed by atoms with Crippen LogP contribution in [0.5, 0.6) is 0 Å². The van der Waals surface area contributed by atoms with Gasteiger partial charge < -0.3 is 17.0 Å². The molecule has 3 rings (SSSR count). The van der Waals surface area contributed by atoms with Crippen molar-refractivity contribution >= 4 is 23.1 Å². The Balaban J connectivity index is 0.000000722. The van der Waals surface area contributed by atoms with Gasteiger partial charge in [0.15, 0.2) is 0 Å². The number of halogens is 1. The summed E-state index contributed by atoms with van der Waals surface area (Å²) in [6.45, 7) is 4.57. The maximum absolute atomic E-state index is 3.18. The Bertz CT molecular complexity index is 484. The number of hydrogen-bond acceptors (Lipinski definition) is 0. The molecule has 0 radical (unpaired) electrons. The molecule has 0 atom stereocenters. The minimum absolute atomic E-state index is 0. The summed E-state index contributed by atoms with van der Waals surface area (Å²) in [5, 5.41) is 0. The van der Waals surface area contributed by atoms with Crippen LogP contribution in [0.15, 0.2) is 42.5 Å². The van der Waals surface area contributed by atoms with Crippen LogP contribution in [0, 0.1) is 6.07 Å². The Hall–Kier alpha value is -0.314. The summed E-state index contributed by atoms with van der Waals surface area (Å²) in [6, 6.07) is 18.1. The molecule has 0 aromatic heterocycles. The fourth-order valence-electron chi connectivity index (χ4n) is 2.59. The van der Waals surface area contributed by atoms with E-state index < -0.39 is 0 Å². The van der Waals surface area contributed by atoms with E-state index >= 15 is 0 Å². The molecule has 0 saturated carbocycles.